The Balaban J connectivity index is 1.50. The highest BCUT2D eigenvalue weighted by molar-refractivity contribution is 6.79. The van der Waals surface area contributed by atoms with Crippen molar-refractivity contribution in [1.82, 2.24) is 0 Å². The molecule has 0 aliphatic rings. The Morgan fingerprint density at radius 2 is 0.325 bits per heavy atom. The van der Waals surface area contributed by atoms with Crippen molar-refractivity contribution < 1.29 is 4.42 Å². The number of rotatable bonds is 2. The van der Waals surface area contributed by atoms with Crippen molar-refractivity contribution in [3.63, 3.8) is 0 Å². The summed E-state index contributed by atoms with van der Waals surface area (Å²) in [6.45, 7) is 0. The summed E-state index contributed by atoms with van der Waals surface area (Å²) in [6.07, 6.45) is 0. The van der Waals surface area contributed by atoms with Crippen LogP contribution in [-0.4, -0.2) is 220 Å². The molecule has 0 amide bonds. The summed E-state index contributed by atoms with van der Waals surface area (Å²) in [5, 5.41) is 19.4. The molecule has 0 atom stereocenters. The minimum atomic E-state index is 1.03. The summed E-state index contributed by atoms with van der Waals surface area (Å²) in [5.41, 5.74) is 45.9. The molecule has 0 saturated heterocycles. The van der Waals surface area contributed by atoms with Crippen LogP contribution in [-0.2, 0) is 0 Å². The van der Waals surface area contributed by atoms with Crippen molar-refractivity contribution in [1.29, 1.82) is 0 Å². The third-order valence-corrected chi connectivity index (χ3v) is 22.5. The zero-order valence-electron chi connectivity index (χ0n) is 52.4. The van der Waals surface area contributed by atoms with E-state index in [0.29, 0.717) is 0 Å². The molecule has 0 aliphatic carbocycles. The lowest BCUT2D eigenvalue weighted by Crippen LogP contribution is -2.51. The lowest BCUT2D eigenvalue weighted by Gasteiger charge is -2.32. The highest BCUT2D eigenvalue weighted by Crippen LogP contribution is 2.43. The van der Waals surface area contributed by atoms with E-state index in [0.717, 1.165) is 11.2 Å². The van der Waals surface area contributed by atoms with Crippen molar-refractivity contribution in [2.75, 3.05) is 0 Å². The van der Waals surface area contributed by atoms with Crippen LogP contribution in [0.25, 0.3) is 109 Å². The lowest BCUT2D eigenvalue weighted by atomic mass is 9.56. The molecule has 10 aromatic carbocycles. The first-order valence-corrected chi connectivity index (χ1v) is 28.7. The number of benzene rings is 10. The predicted molar refractivity (Wildman–Crippen MR) is 439 cm³/mol. The highest BCUT2D eigenvalue weighted by atomic mass is 16.3. The maximum atomic E-state index is 7.33. The Kier molecular flexibility index (Phi) is 12.7. The van der Waals surface area contributed by atoms with Gasteiger partial charge in [0.1, 0.15) is 231 Å². The average Bonchev–Trinajstić information content (AvgIpc) is 4.01. The summed E-state index contributed by atoms with van der Waals surface area (Å²) in [7, 11) is 66.8. The van der Waals surface area contributed by atoms with Crippen LogP contribution in [0.3, 0.4) is 0 Å². The quantitative estimate of drug-likeness (QED) is 0.0956. The van der Waals surface area contributed by atoms with Gasteiger partial charge < -0.3 is 4.42 Å². The summed E-state index contributed by atoms with van der Waals surface area (Å²) >= 11 is 0. The second-order valence-electron chi connectivity index (χ2n) is 25.0. The largest absolute Gasteiger partial charge is 0.457 e. The number of hydrogen-bond acceptors (Lipinski definition) is 1. The van der Waals surface area contributed by atoms with E-state index < -0.39 is 0 Å². The predicted octanol–water partition coefficient (Wildman–Crippen LogP) is -34.9. The molecule has 0 aliphatic heterocycles. The normalized spacial score (nSPS) is 12.1. The molecule has 1 nitrogen and oxygen atoms in total. The zero-order chi connectivity index (χ0) is 56.4. The minimum absolute atomic E-state index is 1.03. The molecule has 0 unspecified atom stereocenters. The zero-order valence-corrected chi connectivity index (χ0v) is 52.4. The Bertz CT molecular complexity index is 4690. The summed E-state index contributed by atoms with van der Waals surface area (Å²) in [5.74, 6) is 0. The fourth-order valence-electron chi connectivity index (χ4n) is 15.8. The van der Waals surface area contributed by atoms with E-state index in [9.17, 15) is 0 Å². The highest BCUT2D eigenvalue weighted by Gasteiger charge is 2.33. The van der Waals surface area contributed by atoms with Crippen LogP contribution in [0.4, 0.5) is 0 Å². The molecule has 0 N–H and O–H groups in total. The van der Waals surface area contributed by atoms with E-state index in [-0.39, 0.29) is 0 Å². The second kappa shape index (κ2) is 17.9. The third kappa shape index (κ3) is 6.65. The SMILES string of the molecule is Bc1c(-c2c3c(B)c(B)c(B)c(B)c3c(-c3c(B)c4c(B)c(B)c5c(B)c(B)c(B)c(B)c5c4c4c(B)c(B)c(B)c(B)c34)c3c(B)c(B)c(B)c(B)c23)c(B)c2c(oc3c(B)c(B)c4c(B)c(B)c(B)c(B)c4c32)c1B. The van der Waals surface area contributed by atoms with Gasteiger partial charge in [0.2, 0.25) is 0 Å². The molecule has 0 saturated carbocycles. The van der Waals surface area contributed by atoms with Gasteiger partial charge >= 0.3 is 0 Å². The molecule has 29 heteroatoms. The second-order valence-corrected chi connectivity index (χ2v) is 25.0. The van der Waals surface area contributed by atoms with Crippen LogP contribution in [0.15, 0.2) is 4.42 Å². The van der Waals surface area contributed by atoms with Crippen LogP contribution in [0.2, 0.25) is 0 Å². The van der Waals surface area contributed by atoms with Crippen LogP contribution in [0.1, 0.15) is 0 Å². The molecular weight excluding hydrogens is 895 g/mol. The Morgan fingerprint density at radius 1 is 0.117 bits per heavy atom. The molecular formula is C48H56B28O. The molecule has 1 aromatic heterocycles. The molecule has 11 aromatic rings. The van der Waals surface area contributed by atoms with Gasteiger partial charge in [-0.1, -0.05) is 98.3 Å². The van der Waals surface area contributed by atoms with Gasteiger partial charge in [-0.15, -0.1) is 54.6 Å². The van der Waals surface area contributed by atoms with Crippen molar-refractivity contribution >= 4 is 459 Å². The van der Waals surface area contributed by atoms with Crippen LogP contribution < -0.4 is 153 Å². The molecule has 1 heterocycles. The Hall–Kier alpha value is -4.62. The smallest absolute Gasteiger partial charge is 0.143 e. The Labute approximate surface area is 482 Å². The fraction of sp³-hybridized carbons (Fsp3) is 0. The third-order valence-electron chi connectivity index (χ3n) is 22.5. The van der Waals surface area contributed by atoms with Gasteiger partial charge in [0.15, 0.2) is 0 Å². The first kappa shape index (κ1) is 54.3. The Morgan fingerprint density at radius 3 is 0.688 bits per heavy atom. The van der Waals surface area contributed by atoms with Gasteiger partial charge in [0.05, 0.1) is 0 Å². The first-order valence-electron chi connectivity index (χ1n) is 28.7. The molecule has 0 fully saturated rings. The van der Waals surface area contributed by atoms with E-state index >= 15 is 0 Å². The van der Waals surface area contributed by atoms with E-state index in [4.69, 9.17) is 4.42 Å². The van der Waals surface area contributed by atoms with Crippen LogP contribution >= 0.6 is 0 Å². The molecule has 338 valence electrons. The van der Waals surface area contributed by atoms with Crippen molar-refractivity contribution in [3.8, 4) is 22.3 Å². The average molecular weight is 952 g/mol. The van der Waals surface area contributed by atoms with Crippen molar-refractivity contribution in [2.45, 2.75) is 0 Å². The number of hydrogen-bond donors (Lipinski definition) is 0. The van der Waals surface area contributed by atoms with Gasteiger partial charge in [-0.25, -0.2) is 0 Å². The maximum absolute atomic E-state index is 7.33. The van der Waals surface area contributed by atoms with Crippen LogP contribution in [0.5, 0.6) is 0 Å². The van der Waals surface area contributed by atoms with Crippen LogP contribution in [0, 0.1) is 0 Å². The number of fused-ring (bicyclic) bond motifs is 12. The lowest BCUT2D eigenvalue weighted by molar-refractivity contribution is 0.675. The molecule has 11 rings (SSSR count). The van der Waals surface area contributed by atoms with E-state index in [1.165, 1.54) is 251 Å². The van der Waals surface area contributed by atoms with Gasteiger partial charge in [0, 0.05) is 10.8 Å². The minimum Gasteiger partial charge on any atom is -0.457 e. The maximum Gasteiger partial charge on any atom is 0.143 e. The van der Waals surface area contributed by atoms with Gasteiger partial charge in [-0.05, 0) is 86.9 Å². The standard InChI is InChI=1S/C48H56B28O/c49-19-4(11-9(25(55)39(69)41(71)27(11)57)3-10-16(30(60)29(59)14(3)19)31(61)43(73)40(70)26(10)56)1-5-7(23(53)37(67)35(65)21(5)51)2(8-6(1)22(52)36(66)38(68)24(8)54)15-20(50)18-13-12-17(32(62)44(74)42(72)28(12)58)34(64)45(75)47(13)77-48(18)46(76)33(15)63/h49-76H2. The summed E-state index contributed by atoms with van der Waals surface area (Å²) in [4.78, 5) is 0. The summed E-state index contributed by atoms with van der Waals surface area (Å²) in [6, 6.07) is 0. The monoisotopic (exact) mass is 957 g/mol. The van der Waals surface area contributed by atoms with Gasteiger partial charge in [0.25, 0.3) is 0 Å². The molecule has 0 radical (unpaired) electrons. The van der Waals surface area contributed by atoms with Gasteiger partial charge in [-0.3, -0.25) is 0 Å². The topological polar surface area (TPSA) is 13.1 Å². The van der Waals surface area contributed by atoms with Gasteiger partial charge in [-0.2, -0.15) is 0 Å². The molecule has 77 heavy (non-hydrogen) atoms. The number of furan rings is 1. The molecule has 0 spiro atoms. The van der Waals surface area contributed by atoms with Crippen molar-refractivity contribution in [3.05, 3.63) is 0 Å². The fourth-order valence-corrected chi connectivity index (χ4v) is 15.8. The first-order chi connectivity index (χ1) is 36.0. The molecule has 0 bridgehead atoms. The van der Waals surface area contributed by atoms with Crippen molar-refractivity contribution in [2.24, 2.45) is 0 Å². The van der Waals surface area contributed by atoms with E-state index in [1.54, 1.807) is 0 Å². The van der Waals surface area contributed by atoms with E-state index in [1.807, 2.05) is 0 Å². The summed E-state index contributed by atoms with van der Waals surface area (Å²) < 4.78 is 7.33. The van der Waals surface area contributed by atoms with E-state index in [2.05, 4.69) is 220 Å².